The van der Waals surface area contributed by atoms with Crippen molar-refractivity contribution in [3.05, 3.63) is 60.2 Å². The number of benzene rings is 2. The molecule has 0 saturated heterocycles. The van der Waals surface area contributed by atoms with Crippen LogP contribution in [0, 0.1) is 0 Å². The van der Waals surface area contributed by atoms with Crippen molar-refractivity contribution in [3.8, 4) is 0 Å². The van der Waals surface area contributed by atoms with Crippen LogP contribution in [0.25, 0.3) is 0 Å². The Hall–Kier alpha value is -2.82. The molecule has 2 unspecified atom stereocenters. The summed E-state index contributed by atoms with van der Waals surface area (Å²) in [6.45, 7) is 3.95. The van der Waals surface area contributed by atoms with Gasteiger partial charge in [0.15, 0.2) is 0 Å². The molecule has 1 aliphatic rings. The number of urea groups is 1. The molecule has 0 radical (unpaired) electrons. The molecule has 5 heteroatoms. The Kier molecular flexibility index (Phi) is 5.03. The molecule has 130 valence electrons. The van der Waals surface area contributed by atoms with Crippen LogP contribution in [-0.2, 0) is 4.79 Å². The summed E-state index contributed by atoms with van der Waals surface area (Å²) in [5.74, 6) is -0.136. The molecule has 2 atom stereocenters. The Balaban J connectivity index is 1.88. The minimum Gasteiger partial charge on any atom is -0.331 e. The molecule has 5 nitrogen and oxygen atoms in total. The molecular weight excluding hydrogens is 314 g/mol. The largest absolute Gasteiger partial charge is 0.331 e. The lowest BCUT2D eigenvalue weighted by atomic mass is 10.0. The molecular formula is C20H23N3O2. The number of amides is 3. The molecule has 2 N–H and O–H groups in total. The third kappa shape index (κ3) is 3.50. The van der Waals surface area contributed by atoms with E-state index in [9.17, 15) is 9.59 Å². The first-order valence-electron chi connectivity index (χ1n) is 8.66. The van der Waals surface area contributed by atoms with Gasteiger partial charge in [0.1, 0.15) is 6.04 Å². The monoisotopic (exact) mass is 337 g/mol. The Morgan fingerprint density at radius 1 is 1.16 bits per heavy atom. The van der Waals surface area contributed by atoms with Crippen LogP contribution in [0.5, 0.6) is 0 Å². The SMILES string of the molecule is CCCC1C(=O)Nc2ccccc2N1C(=O)NC(C)c1ccccc1. The topological polar surface area (TPSA) is 61.4 Å². The summed E-state index contributed by atoms with van der Waals surface area (Å²) < 4.78 is 0. The van der Waals surface area contributed by atoms with Gasteiger partial charge in [0.2, 0.25) is 5.91 Å². The number of anilines is 2. The highest BCUT2D eigenvalue weighted by Crippen LogP contribution is 2.33. The van der Waals surface area contributed by atoms with E-state index >= 15 is 0 Å². The van der Waals surface area contributed by atoms with Crippen molar-refractivity contribution in [1.82, 2.24) is 5.32 Å². The van der Waals surface area contributed by atoms with Gasteiger partial charge in [-0.25, -0.2) is 4.79 Å². The summed E-state index contributed by atoms with van der Waals surface area (Å²) in [6.07, 6.45) is 1.44. The van der Waals surface area contributed by atoms with Gasteiger partial charge in [-0.1, -0.05) is 55.8 Å². The molecule has 2 aromatic rings. The Morgan fingerprint density at radius 2 is 1.84 bits per heavy atom. The summed E-state index contributed by atoms with van der Waals surface area (Å²) in [5.41, 5.74) is 2.43. The molecule has 0 spiro atoms. The molecule has 25 heavy (non-hydrogen) atoms. The second-order valence-electron chi connectivity index (χ2n) is 6.26. The number of rotatable bonds is 4. The van der Waals surface area contributed by atoms with Gasteiger partial charge in [-0.05, 0) is 31.0 Å². The molecule has 2 aromatic carbocycles. The van der Waals surface area contributed by atoms with E-state index in [1.165, 1.54) is 0 Å². The molecule has 0 aliphatic carbocycles. The number of nitrogens with zero attached hydrogens (tertiary/aromatic N) is 1. The molecule has 0 saturated carbocycles. The smallest absolute Gasteiger partial charge is 0.323 e. The van der Waals surface area contributed by atoms with Crippen LogP contribution in [0.15, 0.2) is 54.6 Å². The van der Waals surface area contributed by atoms with E-state index in [0.29, 0.717) is 12.1 Å². The lowest BCUT2D eigenvalue weighted by molar-refractivity contribution is -0.117. The molecule has 3 rings (SSSR count). The highest BCUT2D eigenvalue weighted by Gasteiger charge is 2.36. The fraction of sp³-hybridized carbons (Fsp3) is 0.300. The first-order chi connectivity index (χ1) is 12.1. The van der Waals surface area contributed by atoms with Crippen molar-refractivity contribution in [2.24, 2.45) is 0 Å². The maximum Gasteiger partial charge on any atom is 0.323 e. The van der Waals surface area contributed by atoms with Gasteiger partial charge < -0.3 is 10.6 Å². The zero-order valence-electron chi connectivity index (χ0n) is 14.5. The van der Waals surface area contributed by atoms with Crippen molar-refractivity contribution in [1.29, 1.82) is 0 Å². The van der Waals surface area contributed by atoms with E-state index < -0.39 is 6.04 Å². The van der Waals surface area contributed by atoms with Gasteiger partial charge in [0.25, 0.3) is 0 Å². The van der Waals surface area contributed by atoms with Crippen LogP contribution < -0.4 is 15.5 Å². The number of nitrogens with one attached hydrogen (secondary N) is 2. The molecule has 1 heterocycles. The number of fused-ring (bicyclic) bond motifs is 1. The maximum absolute atomic E-state index is 13.0. The zero-order valence-corrected chi connectivity index (χ0v) is 14.5. The fourth-order valence-corrected chi connectivity index (χ4v) is 3.15. The molecule has 1 aliphatic heterocycles. The number of carbonyl (C=O) groups is 2. The fourth-order valence-electron chi connectivity index (χ4n) is 3.15. The average Bonchev–Trinajstić information content (AvgIpc) is 2.63. The van der Waals surface area contributed by atoms with Gasteiger partial charge in [0.05, 0.1) is 17.4 Å². The lowest BCUT2D eigenvalue weighted by Gasteiger charge is -2.37. The second-order valence-corrected chi connectivity index (χ2v) is 6.26. The van der Waals surface area contributed by atoms with Crippen molar-refractivity contribution < 1.29 is 9.59 Å². The van der Waals surface area contributed by atoms with Crippen molar-refractivity contribution in [3.63, 3.8) is 0 Å². The first kappa shape index (κ1) is 17.0. The van der Waals surface area contributed by atoms with Gasteiger partial charge in [-0.2, -0.15) is 0 Å². The molecule has 0 bridgehead atoms. The Labute approximate surface area is 148 Å². The van der Waals surface area contributed by atoms with E-state index in [1.54, 1.807) is 4.90 Å². The van der Waals surface area contributed by atoms with E-state index in [1.807, 2.05) is 68.4 Å². The second kappa shape index (κ2) is 7.38. The standard InChI is InChI=1S/C20H23N3O2/c1-3-9-18-19(24)22-16-12-7-8-13-17(16)23(18)20(25)21-14(2)15-10-5-4-6-11-15/h4-8,10-14,18H,3,9H2,1-2H3,(H,21,25)(H,22,24). The van der Waals surface area contributed by atoms with E-state index in [0.717, 1.165) is 17.7 Å². The summed E-state index contributed by atoms with van der Waals surface area (Å²) in [4.78, 5) is 27.1. The van der Waals surface area contributed by atoms with Gasteiger partial charge >= 0.3 is 6.03 Å². The molecule has 0 fully saturated rings. The van der Waals surface area contributed by atoms with Crippen LogP contribution in [0.2, 0.25) is 0 Å². The average molecular weight is 337 g/mol. The third-order valence-electron chi connectivity index (χ3n) is 4.46. The Morgan fingerprint density at radius 3 is 2.56 bits per heavy atom. The first-order valence-corrected chi connectivity index (χ1v) is 8.66. The van der Waals surface area contributed by atoms with Crippen molar-refractivity contribution in [2.75, 3.05) is 10.2 Å². The number of para-hydroxylation sites is 2. The van der Waals surface area contributed by atoms with E-state index in [2.05, 4.69) is 10.6 Å². The minimum absolute atomic E-state index is 0.136. The van der Waals surface area contributed by atoms with E-state index in [-0.39, 0.29) is 18.0 Å². The highest BCUT2D eigenvalue weighted by molar-refractivity contribution is 6.11. The zero-order chi connectivity index (χ0) is 17.8. The maximum atomic E-state index is 13.0. The Bertz CT molecular complexity index is 761. The van der Waals surface area contributed by atoms with Crippen molar-refractivity contribution in [2.45, 2.75) is 38.8 Å². The van der Waals surface area contributed by atoms with Crippen LogP contribution in [-0.4, -0.2) is 18.0 Å². The summed E-state index contributed by atoms with van der Waals surface area (Å²) in [5, 5.41) is 5.93. The van der Waals surface area contributed by atoms with E-state index in [4.69, 9.17) is 0 Å². The predicted octanol–water partition coefficient (Wildman–Crippen LogP) is 4.08. The highest BCUT2D eigenvalue weighted by atomic mass is 16.2. The van der Waals surface area contributed by atoms with Gasteiger partial charge in [-0.3, -0.25) is 9.69 Å². The van der Waals surface area contributed by atoms with Crippen molar-refractivity contribution >= 4 is 23.3 Å². The summed E-state index contributed by atoms with van der Waals surface area (Å²) in [7, 11) is 0. The van der Waals surface area contributed by atoms with Gasteiger partial charge in [-0.15, -0.1) is 0 Å². The minimum atomic E-state index is -0.497. The quantitative estimate of drug-likeness (QED) is 0.883. The lowest BCUT2D eigenvalue weighted by Crippen LogP contribution is -2.54. The number of carbonyl (C=O) groups excluding carboxylic acids is 2. The molecule has 3 amide bonds. The number of hydrogen-bond donors (Lipinski definition) is 2. The molecule has 0 aromatic heterocycles. The van der Waals surface area contributed by atoms with Crippen LogP contribution in [0.4, 0.5) is 16.2 Å². The third-order valence-corrected chi connectivity index (χ3v) is 4.46. The van der Waals surface area contributed by atoms with Gasteiger partial charge in [0, 0.05) is 0 Å². The number of hydrogen-bond acceptors (Lipinski definition) is 2. The predicted molar refractivity (Wildman–Crippen MR) is 99.6 cm³/mol. The van der Waals surface area contributed by atoms with Crippen LogP contribution in [0.1, 0.15) is 38.3 Å². The summed E-state index contributed by atoms with van der Waals surface area (Å²) in [6, 6.07) is 16.3. The summed E-state index contributed by atoms with van der Waals surface area (Å²) >= 11 is 0. The normalized spacial score (nSPS) is 17.4. The van der Waals surface area contributed by atoms with Crippen LogP contribution >= 0.6 is 0 Å². The van der Waals surface area contributed by atoms with Crippen LogP contribution in [0.3, 0.4) is 0 Å².